The second kappa shape index (κ2) is 4.49. The lowest BCUT2D eigenvalue weighted by Crippen LogP contribution is -2.18. The predicted molar refractivity (Wildman–Crippen MR) is 68.9 cm³/mol. The number of hydrogen-bond acceptors (Lipinski definition) is 4. The van der Waals surface area contributed by atoms with E-state index in [9.17, 15) is 4.79 Å². The molecule has 0 saturated heterocycles. The summed E-state index contributed by atoms with van der Waals surface area (Å²) in [7, 11) is 0. The van der Waals surface area contributed by atoms with Crippen molar-refractivity contribution in [3.63, 3.8) is 0 Å². The fraction of sp³-hybridized carbons (Fsp3) is 0.500. The van der Waals surface area contributed by atoms with E-state index < -0.39 is 0 Å². The summed E-state index contributed by atoms with van der Waals surface area (Å²) in [4.78, 5) is 16.3. The van der Waals surface area contributed by atoms with Crippen LogP contribution in [0, 0.1) is 0 Å². The summed E-state index contributed by atoms with van der Waals surface area (Å²) in [6.07, 6.45) is 3.90. The van der Waals surface area contributed by atoms with Crippen molar-refractivity contribution in [2.75, 3.05) is 5.32 Å². The Kier molecular flexibility index (Phi) is 2.81. The summed E-state index contributed by atoms with van der Waals surface area (Å²) < 4.78 is 1.74. The summed E-state index contributed by atoms with van der Waals surface area (Å²) in [6.45, 7) is 4.00. The van der Waals surface area contributed by atoms with Gasteiger partial charge in [-0.25, -0.2) is 9.67 Å². The van der Waals surface area contributed by atoms with Crippen LogP contribution >= 0.6 is 0 Å². The molecular formula is C12H16N6O. The monoisotopic (exact) mass is 260 g/mol. The van der Waals surface area contributed by atoms with Crippen LogP contribution in [0.5, 0.6) is 0 Å². The molecule has 100 valence electrons. The molecule has 0 aliphatic heterocycles. The van der Waals surface area contributed by atoms with E-state index in [0.29, 0.717) is 11.7 Å². The van der Waals surface area contributed by atoms with E-state index in [-0.39, 0.29) is 17.8 Å². The average molecular weight is 260 g/mol. The molecule has 3 rings (SSSR count). The lowest BCUT2D eigenvalue weighted by atomic mass is 10.4. The molecule has 1 fully saturated rings. The standard InChI is InChI=1S/C12H16N6O/c1-7(2)18-9(5-6-13-18)14-12(19)11-15-10(16-17-11)8-3-4-8/h5-8H,3-4H2,1-2H3,(H,14,19)(H,15,16,17). The molecule has 7 nitrogen and oxygen atoms in total. The highest BCUT2D eigenvalue weighted by atomic mass is 16.2. The first kappa shape index (κ1) is 11.9. The van der Waals surface area contributed by atoms with Crippen molar-refractivity contribution in [1.82, 2.24) is 25.0 Å². The van der Waals surface area contributed by atoms with Crippen molar-refractivity contribution < 1.29 is 4.79 Å². The van der Waals surface area contributed by atoms with Gasteiger partial charge in [0.05, 0.1) is 6.20 Å². The zero-order valence-corrected chi connectivity index (χ0v) is 10.9. The summed E-state index contributed by atoms with van der Waals surface area (Å²) in [5.74, 6) is 1.78. The van der Waals surface area contributed by atoms with Gasteiger partial charge in [-0.2, -0.15) is 5.10 Å². The summed E-state index contributed by atoms with van der Waals surface area (Å²) in [6, 6.07) is 1.94. The highest BCUT2D eigenvalue weighted by Gasteiger charge is 2.28. The van der Waals surface area contributed by atoms with Crippen molar-refractivity contribution in [3.8, 4) is 0 Å². The number of amides is 1. The molecule has 2 aromatic heterocycles. The molecule has 0 aromatic carbocycles. The number of carbonyl (C=O) groups excluding carboxylic acids is 1. The number of aromatic amines is 1. The number of hydrogen-bond donors (Lipinski definition) is 2. The van der Waals surface area contributed by atoms with Crippen molar-refractivity contribution in [1.29, 1.82) is 0 Å². The van der Waals surface area contributed by atoms with Gasteiger partial charge in [-0.1, -0.05) is 0 Å². The second-order valence-corrected chi connectivity index (χ2v) is 5.03. The number of anilines is 1. The van der Waals surface area contributed by atoms with E-state index in [1.165, 1.54) is 0 Å². The van der Waals surface area contributed by atoms with Crippen LogP contribution in [0.3, 0.4) is 0 Å². The fourth-order valence-electron chi connectivity index (χ4n) is 1.91. The molecule has 1 saturated carbocycles. The Labute approximate surface area is 110 Å². The van der Waals surface area contributed by atoms with E-state index in [4.69, 9.17) is 0 Å². The molecule has 0 radical (unpaired) electrons. The zero-order valence-electron chi connectivity index (χ0n) is 10.9. The molecule has 0 spiro atoms. The molecule has 2 N–H and O–H groups in total. The topological polar surface area (TPSA) is 88.5 Å². The van der Waals surface area contributed by atoms with E-state index in [0.717, 1.165) is 18.7 Å². The maximum atomic E-state index is 12.0. The quantitative estimate of drug-likeness (QED) is 0.875. The van der Waals surface area contributed by atoms with Gasteiger partial charge in [0.25, 0.3) is 5.91 Å². The summed E-state index contributed by atoms with van der Waals surface area (Å²) in [5.41, 5.74) is 0. The Morgan fingerprint density at radius 1 is 1.53 bits per heavy atom. The van der Waals surface area contributed by atoms with Crippen LogP contribution in [0.25, 0.3) is 0 Å². The molecule has 0 atom stereocenters. The minimum atomic E-state index is -0.314. The maximum Gasteiger partial charge on any atom is 0.296 e. The Morgan fingerprint density at radius 2 is 2.32 bits per heavy atom. The van der Waals surface area contributed by atoms with Gasteiger partial charge in [0.2, 0.25) is 5.82 Å². The van der Waals surface area contributed by atoms with Gasteiger partial charge in [0.15, 0.2) is 0 Å². The van der Waals surface area contributed by atoms with Crippen LogP contribution in [0.15, 0.2) is 12.3 Å². The number of nitrogens with one attached hydrogen (secondary N) is 2. The van der Waals surface area contributed by atoms with E-state index in [1.54, 1.807) is 16.9 Å². The smallest absolute Gasteiger partial charge is 0.296 e. The van der Waals surface area contributed by atoms with E-state index in [2.05, 4.69) is 25.6 Å². The molecule has 1 aliphatic carbocycles. The molecule has 0 unspecified atom stereocenters. The van der Waals surface area contributed by atoms with Gasteiger partial charge < -0.3 is 5.32 Å². The Balaban J connectivity index is 1.74. The molecule has 19 heavy (non-hydrogen) atoms. The molecule has 0 bridgehead atoms. The van der Waals surface area contributed by atoms with Gasteiger partial charge >= 0.3 is 0 Å². The minimum absolute atomic E-state index is 0.179. The average Bonchev–Trinajstić information content (AvgIpc) is 2.92. The van der Waals surface area contributed by atoms with Crippen molar-refractivity contribution >= 4 is 11.7 Å². The highest BCUT2D eigenvalue weighted by Crippen LogP contribution is 2.37. The van der Waals surface area contributed by atoms with Crippen LogP contribution in [0.1, 0.15) is 55.1 Å². The summed E-state index contributed by atoms with van der Waals surface area (Å²) in [5, 5.41) is 13.7. The first-order valence-electron chi connectivity index (χ1n) is 6.42. The third-order valence-electron chi connectivity index (χ3n) is 3.07. The lowest BCUT2D eigenvalue weighted by Gasteiger charge is -2.10. The molecule has 7 heteroatoms. The van der Waals surface area contributed by atoms with E-state index in [1.807, 2.05) is 13.8 Å². The van der Waals surface area contributed by atoms with Crippen molar-refractivity contribution in [2.45, 2.75) is 38.6 Å². The second-order valence-electron chi connectivity index (χ2n) is 5.03. The zero-order chi connectivity index (χ0) is 13.4. The molecule has 2 aromatic rings. The third kappa shape index (κ3) is 2.35. The minimum Gasteiger partial charge on any atom is -0.304 e. The van der Waals surface area contributed by atoms with Gasteiger partial charge in [0.1, 0.15) is 11.6 Å². The number of carbonyl (C=O) groups is 1. The first-order chi connectivity index (χ1) is 9.15. The fourth-order valence-corrected chi connectivity index (χ4v) is 1.91. The number of H-pyrrole nitrogens is 1. The van der Waals surface area contributed by atoms with Gasteiger partial charge in [-0.05, 0) is 26.7 Å². The van der Waals surface area contributed by atoms with Crippen molar-refractivity contribution in [2.24, 2.45) is 0 Å². The van der Waals surface area contributed by atoms with Crippen LogP contribution < -0.4 is 5.32 Å². The highest BCUT2D eigenvalue weighted by molar-refractivity contribution is 6.00. The Morgan fingerprint density at radius 3 is 3.00 bits per heavy atom. The normalized spacial score (nSPS) is 14.9. The van der Waals surface area contributed by atoms with Crippen LogP contribution in [-0.2, 0) is 0 Å². The lowest BCUT2D eigenvalue weighted by molar-refractivity contribution is 0.101. The van der Waals surface area contributed by atoms with Gasteiger partial charge in [-0.15, -0.1) is 5.10 Å². The number of rotatable bonds is 4. The summed E-state index contributed by atoms with van der Waals surface area (Å²) >= 11 is 0. The molecule has 2 heterocycles. The third-order valence-corrected chi connectivity index (χ3v) is 3.07. The Hall–Kier alpha value is -2.18. The number of aromatic nitrogens is 5. The van der Waals surface area contributed by atoms with Crippen LogP contribution in [0.4, 0.5) is 5.82 Å². The molecular weight excluding hydrogens is 244 g/mol. The SMILES string of the molecule is CC(C)n1nccc1NC(=O)c1n[nH]c(C2CC2)n1. The van der Waals surface area contributed by atoms with Gasteiger partial charge in [-0.3, -0.25) is 9.89 Å². The van der Waals surface area contributed by atoms with Crippen LogP contribution in [-0.4, -0.2) is 30.9 Å². The molecule has 1 amide bonds. The predicted octanol–water partition coefficient (Wildman–Crippen LogP) is 1.71. The number of nitrogens with zero attached hydrogens (tertiary/aromatic N) is 4. The van der Waals surface area contributed by atoms with Crippen LogP contribution in [0.2, 0.25) is 0 Å². The Bertz CT molecular complexity index is 595. The first-order valence-corrected chi connectivity index (χ1v) is 6.42. The van der Waals surface area contributed by atoms with Gasteiger partial charge in [0, 0.05) is 18.0 Å². The van der Waals surface area contributed by atoms with Crippen molar-refractivity contribution in [3.05, 3.63) is 23.9 Å². The largest absolute Gasteiger partial charge is 0.304 e. The maximum absolute atomic E-state index is 12.0. The molecule has 1 aliphatic rings. The van der Waals surface area contributed by atoms with E-state index >= 15 is 0 Å².